The van der Waals surface area contributed by atoms with E-state index in [0.717, 1.165) is 35.6 Å². The summed E-state index contributed by atoms with van der Waals surface area (Å²) in [5, 5.41) is 0. The largest absolute Gasteiger partial charge is 0.368 e. The van der Waals surface area contributed by atoms with E-state index in [1.165, 1.54) is 12.1 Å². The number of hydrogen-bond donors (Lipinski definition) is 0. The number of benzene rings is 2. The number of carbonyl (C=O) groups is 1. The van der Waals surface area contributed by atoms with Crippen LogP contribution in [0.4, 0.5) is 10.1 Å². The Balaban J connectivity index is 1.42. The van der Waals surface area contributed by atoms with Crippen LogP contribution in [0.5, 0.6) is 0 Å². The Bertz CT molecular complexity index is 927. The van der Waals surface area contributed by atoms with Gasteiger partial charge in [0.15, 0.2) is 0 Å². The second-order valence-corrected chi connectivity index (χ2v) is 6.58. The highest BCUT2D eigenvalue weighted by molar-refractivity contribution is 5.81. The van der Waals surface area contributed by atoms with E-state index in [-0.39, 0.29) is 11.7 Å². The van der Waals surface area contributed by atoms with Crippen molar-refractivity contribution in [3.8, 4) is 0 Å². The molecule has 3 aromatic rings. The lowest BCUT2D eigenvalue weighted by molar-refractivity contribution is -0.132. The van der Waals surface area contributed by atoms with Gasteiger partial charge in [-0.2, -0.15) is 0 Å². The minimum Gasteiger partial charge on any atom is -0.368 e. The number of nitrogens with zero attached hydrogens (tertiary/aromatic N) is 4. The molecule has 0 aliphatic carbocycles. The minimum absolute atomic E-state index is 0.106. The summed E-state index contributed by atoms with van der Waals surface area (Å²) in [6.45, 7) is 5.08. The maximum absolute atomic E-state index is 13.1. The van der Waals surface area contributed by atoms with Crippen molar-refractivity contribution in [1.29, 1.82) is 0 Å². The molecule has 1 fully saturated rings. The van der Waals surface area contributed by atoms with Crippen LogP contribution in [0.15, 0.2) is 48.5 Å². The van der Waals surface area contributed by atoms with Crippen LogP contribution in [0.2, 0.25) is 0 Å². The highest BCUT2D eigenvalue weighted by atomic mass is 19.1. The number of amides is 1. The summed E-state index contributed by atoms with van der Waals surface area (Å²) < 4.78 is 15.0. The molecule has 0 bridgehead atoms. The molecule has 1 aliphatic rings. The van der Waals surface area contributed by atoms with E-state index in [0.29, 0.717) is 19.6 Å². The summed E-state index contributed by atoms with van der Waals surface area (Å²) in [4.78, 5) is 21.4. The fourth-order valence-corrected chi connectivity index (χ4v) is 3.50. The molecule has 0 N–H and O–H groups in total. The molecule has 1 aromatic heterocycles. The molecule has 134 valence electrons. The second kappa shape index (κ2) is 6.78. The molecule has 0 spiro atoms. The zero-order chi connectivity index (χ0) is 18.1. The summed E-state index contributed by atoms with van der Waals surface area (Å²) in [7, 11) is 0. The third kappa shape index (κ3) is 3.14. The minimum atomic E-state index is -0.231. The molecule has 26 heavy (non-hydrogen) atoms. The first-order chi connectivity index (χ1) is 12.6. The Hall–Kier alpha value is -2.89. The topological polar surface area (TPSA) is 41.4 Å². The quantitative estimate of drug-likeness (QED) is 0.728. The van der Waals surface area contributed by atoms with Crippen molar-refractivity contribution in [2.75, 3.05) is 31.1 Å². The Morgan fingerprint density at radius 1 is 1.04 bits per heavy atom. The summed E-state index contributed by atoms with van der Waals surface area (Å²) >= 11 is 0. The summed E-state index contributed by atoms with van der Waals surface area (Å²) in [5.74, 6) is 0.727. The molecular weight excluding hydrogens is 331 g/mol. The molecule has 1 aliphatic heterocycles. The molecule has 0 saturated carbocycles. The van der Waals surface area contributed by atoms with E-state index in [9.17, 15) is 9.18 Å². The smallest absolute Gasteiger partial charge is 0.242 e. The van der Waals surface area contributed by atoms with Crippen LogP contribution in [0.1, 0.15) is 5.82 Å². The zero-order valence-electron chi connectivity index (χ0n) is 14.7. The molecule has 0 radical (unpaired) electrons. The van der Waals surface area contributed by atoms with Crippen molar-refractivity contribution in [2.45, 2.75) is 13.5 Å². The Morgan fingerprint density at radius 2 is 1.73 bits per heavy atom. The number of hydrogen-bond acceptors (Lipinski definition) is 3. The van der Waals surface area contributed by atoms with Gasteiger partial charge in [0, 0.05) is 31.9 Å². The van der Waals surface area contributed by atoms with Crippen LogP contribution in [0.25, 0.3) is 11.0 Å². The van der Waals surface area contributed by atoms with Crippen LogP contribution in [0, 0.1) is 12.7 Å². The lowest BCUT2D eigenvalue weighted by Crippen LogP contribution is -2.49. The number of aryl methyl sites for hydroxylation is 1. The maximum atomic E-state index is 13.1. The van der Waals surface area contributed by atoms with Gasteiger partial charge in [0.2, 0.25) is 5.91 Å². The lowest BCUT2D eigenvalue weighted by atomic mass is 10.2. The molecule has 0 unspecified atom stereocenters. The Labute approximate surface area is 151 Å². The molecular formula is C20H21FN4O. The first-order valence-corrected chi connectivity index (χ1v) is 8.82. The maximum Gasteiger partial charge on any atom is 0.242 e. The van der Waals surface area contributed by atoms with Crippen LogP contribution < -0.4 is 4.90 Å². The van der Waals surface area contributed by atoms with Crippen LogP contribution in [-0.4, -0.2) is 46.5 Å². The Kier molecular flexibility index (Phi) is 4.32. The number of para-hydroxylation sites is 2. The van der Waals surface area contributed by atoms with Gasteiger partial charge in [-0.25, -0.2) is 9.37 Å². The third-order valence-corrected chi connectivity index (χ3v) is 4.96. The fraction of sp³-hybridized carbons (Fsp3) is 0.300. The van der Waals surface area contributed by atoms with E-state index in [4.69, 9.17) is 0 Å². The second-order valence-electron chi connectivity index (χ2n) is 6.58. The van der Waals surface area contributed by atoms with Crippen molar-refractivity contribution in [3.63, 3.8) is 0 Å². The van der Waals surface area contributed by atoms with Gasteiger partial charge in [0.25, 0.3) is 0 Å². The standard InChI is InChI=1S/C20H21FN4O/c1-15-22-18-4-2-3-5-19(18)25(15)14-20(26)24-12-10-23(11-13-24)17-8-6-16(21)7-9-17/h2-9H,10-14H2,1H3. The number of piperazine rings is 1. The predicted octanol–water partition coefficient (Wildman–Crippen LogP) is 2.83. The van der Waals surface area contributed by atoms with E-state index in [2.05, 4.69) is 9.88 Å². The predicted molar refractivity (Wildman–Crippen MR) is 99.7 cm³/mol. The van der Waals surface area contributed by atoms with Gasteiger partial charge in [-0.1, -0.05) is 12.1 Å². The van der Waals surface area contributed by atoms with Gasteiger partial charge in [-0.15, -0.1) is 0 Å². The summed E-state index contributed by atoms with van der Waals surface area (Å²) in [5.41, 5.74) is 2.90. The molecule has 2 aromatic carbocycles. The van der Waals surface area contributed by atoms with Crippen LogP contribution in [0.3, 0.4) is 0 Å². The summed E-state index contributed by atoms with van der Waals surface area (Å²) in [6.07, 6.45) is 0. The third-order valence-electron chi connectivity index (χ3n) is 4.96. The van der Waals surface area contributed by atoms with Gasteiger partial charge < -0.3 is 14.4 Å². The molecule has 4 rings (SSSR count). The molecule has 1 saturated heterocycles. The van der Waals surface area contributed by atoms with Crippen LogP contribution >= 0.6 is 0 Å². The van der Waals surface area contributed by atoms with Crippen molar-refractivity contribution in [2.24, 2.45) is 0 Å². The first kappa shape index (κ1) is 16.6. The van der Waals surface area contributed by atoms with Crippen molar-refractivity contribution < 1.29 is 9.18 Å². The van der Waals surface area contributed by atoms with Gasteiger partial charge in [0.1, 0.15) is 18.2 Å². The zero-order valence-corrected chi connectivity index (χ0v) is 14.7. The average molecular weight is 352 g/mol. The van der Waals surface area contributed by atoms with Gasteiger partial charge in [-0.05, 0) is 43.3 Å². The lowest BCUT2D eigenvalue weighted by Gasteiger charge is -2.36. The highest BCUT2D eigenvalue weighted by Crippen LogP contribution is 2.18. The van der Waals surface area contributed by atoms with E-state index in [1.54, 1.807) is 12.1 Å². The number of rotatable bonds is 3. The van der Waals surface area contributed by atoms with Crippen LogP contribution in [-0.2, 0) is 11.3 Å². The van der Waals surface area contributed by atoms with E-state index >= 15 is 0 Å². The normalized spacial score (nSPS) is 14.8. The average Bonchev–Trinajstić information content (AvgIpc) is 2.98. The van der Waals surface area contributed by atoms with E-state index < -0.39 is 0 Å². The monoisotopic (exact) mass is 352 g/mol. The number of imidazole rings is 1. The van der Waals surface area contributed by atoms with Gasteiger partial charge in [-0.3, -0.25) is 4.79 Å². The first-order valence-electron chi connectivity index (χ1n) is 8.82. The molecule has 0 atom stereocenters. The SMILES string of the molecule is Cc1nc2ccccc2n1CC(=O)N1CCN(c2ccc(F)cc2)CC1. The molecule has 6 heteroatoms. The molecule has 2 heterocycles. The van der Waals surface area contributed by atoms with Gasteiger partial charge >= 0.3 is 0 Å². The van der Waals surface area contributed by atoms with Gasteiger partial charge in [0.05, 0.1) is 11.0 Å². The van der Waals surface area contributed by atoms with Crippen molar-refractivity contribution >= 4 is 22.6 Å². The number of fused-ring (bicyclic) bond motifs is 1. The number of halogens is 1. The highest BCUT2D eigenvalue weighted by Gasteiger charge is 2.22. The van der Waals surface area contributed by atoms with Crippen molar-refractivity contribution in [1.82, 2.24) is 14.5 Å². The molecule has 1 amide bonds. The van der Waals surface area contributed by atoms with E-state index in [1.807, 2.05) is 40.7 Å². The van der Waals surface area contributed by atoms with Crippen molar-refractivity contribution in [3.05, 3.63) is 60.2 Å². The number of aromatic nitrogens is 2. The molecule has 5 nitrogen and oxygen atoms in total. The number of carbonyl (C=O) groups excluding carboxylic acids is 1. The summed E-state index contributed by atoms with van der Waals surface area (Å²) in [6, 6.07) is 14.4. The fourth-order valence-electron chi connectivity index (χ4n) is 3.50. The number of anilines is 1. The Morgan fingerprint density at radius 3 is 2.46 bits per heavy atom.